The van der Waals surface area contributed by atoms with Gasteiger partial charge in [0.25, 0.3) is 0 Å². The van der Waals surface area contributed by atoms with Crippen LogP contribution in [0.5, 0.6) is 0 Å². The van der Waals surface area contributed by atoms with Crippen molar-refractivity contribution in [2.75, 3.05) is 0 Å². The Morgan fingerprint density at radius 1 is 0.889 bits per heavy atom. The Morgan fingerprint density at radius 2 is 1.61 bits per heavy atom. The highest BCUT2D eigenvalue weighted by atomic mass is 16.3. The van der Waals surface area contributed by atoms with E-state index in [1.54, 1.807) is 0 Å². The minimum absolute atomic E-state index is 0.898. The molecule has 2 aromatic carbocycles. The van der Waals surface area contributed by atoms with Gasteiger partial charge in [-0.05, 0) is 17.7 Å². The third-order valence-electron chi connectivity index (χ3n) is 3.16. The molecule has 1 heterocycles. The summed E-state index contributed by atoms with van der Waals surface area (Å²) in [5.41, 5.74) is 3.36. The van der Waals surface area contributed by atoms with Gasteiger partial charge in [-0.1, -0.05) is 49.4 Å². The first kappa shape index (κ1) is 11.0. The van der Waals surface area contributed by atoms with E-state index in [9.17, 15) is 0 Å². The zero-order chi connectivity index (χ0) is 12.4. The first-order valence-electron chi connectivity index (χ1n) is 6.28. The molecule has 0 aliphatic heterocycles. The highest BCUT2D eigenvalue weighted by Gasteiger charge is 2.18. The van der Waals surface area contributed by atoms with E-state index in [1.807, 2.05) is 24.3 Å². The van der Waals surface area contributed by atoms with Crippen molar-refractivity contribution in [1.82, 2.24) is 0 Å². The van der Waals surface area contributed by atoms with Gasteiger partial charge in [-0.2, -0.15) is 0 Å². The second kappa shape index (κ2) is 4.61. The van der Waals surface area contributed by atoms with Gasteiger partial charge >= 0.3 is 11.3 Å². The molecule has 0 amide bonds. The van der Waals surface area contributed by atoms with E-state index >= 15 is 0 Å². The Kier molecular flexibility index (Phi) is 2.81. The summed E-state index contributed by atoms with van der Waals surface area (Å²) in [6.07, 6.45) is 0.898. The summed E-state index contributed by atoms with van der Waals surface area (Å²) < 4.78 is 6.00. The SMILES string of the molecule is CCc1[o+]c2ccccc2cc1-c1ccccc1. The van der Waals surface area contributed by atoms with E-state index in [4.69, 9.17) is 4.42 Å². The van der Waals surface area contributed by atoms with Crippen LogP contribution in [0.1, 0.15) is 12.7 Å². The van der Waals surface area contributed by atoms with Crippen LogP contribution in [-0.2, 0) is 6.42 Å². The van der Waals surface area contributed by atoms with E-state index in [0.29, 0.717) is 0 Å². The van der Waals surface area contributed by atoms with Crippen molar-refractivity contribution in [3.8, 4) is 11.1 Å². The third-order valence-corrected chi connectivity index (χ3v) is 3.16. The lowest BCUT2D eigenvalue weighted by Crippen LogP contribution is -1.88. The van der Waals surface area contributed by atoms with Crippen LogP contribution in [-0.4, -0.2) is 0 Å². The van der Waals surface area contributed by atoms with Crippen LogP contribution < -0.4 is 0 Å². The van der Waals surface area contributed by atoms with Crippen molar-refractivity contribution in [3.05, 3.63) is 66.4 Å². The molecule has 0 saturated carbocycles. The van der Waals surface area contributed by atoms with Crippen LogP contribution in [0.3, 0.4) is 0 Å². The molecular formula is C17H15O+. The monoisotopic (exact) mass is 235 g/mol. The van der Waals surface area contributed by atoms with Crippen LogP contribution >= 0.6 is 0 Å². The molecule has 18 heavy (non-hydrogen) atoms. The minimum atomic E-state index is 0.898. The third kappa shape index (κ3) is 1.88. The molecule has 0 spiro atoms. The van der Waals surface area contributed by atoms with E-state index in [0.717, 1.165) is 23.2 Å². The molecule has 1 aromatic heterocycles. The number of para-hydroxylation sites is 1. The molecule has 0 aliphatic rings. The fourth-order valence-corrected chi connectivity index (χ4v) is 2.24. The summed E-state index contributed by atoms with van der Waals surface area (Å²) in [5.74, 6) is 1.04. The maximum absolute atomic E-state index is 6.00. The van der Waals surface area contributed by atoms with Crippen LogP contribution in [0.25, 0.3) is 22.1 Å². The molecule has 3 rings (SSSR count). The van der Waals surface area contributed by atoms with Gasteiger partial charge < -0.3 is 0 Å². The summed E-state index contributed by atoms with van der Waals surface area (Å²) in [6, 6.07) is 20.8. The quantitative estimate of drug-likeness (QED) is 0.572. The van der Waals surface area contributed by atoms with Crippen molar-refractivity contribution < 1.29 is 4.42 Å². The van der Waals surface area contributed by atoms with Gasteiger partial charge in [0.15, 0.2) is 0 Å². The zero-order valence-corrected chi connectivity index (χ0v) is 10.4. The average Bonchev–Trinajstić information content (AvgIpc) is 2.46. The number of hydrogen-bond donors (Lipinski definition) is 0. The lowest BCUT2D eigenvalue weighted by atomic mass is 10.0. The molecule has 0 aliphatic carbocycles. The maximum atomic E-state index is 6.00. The minimum Gasteiger partial charge on any atom is -0.212 e. The topological polar surface area (TPSA) is 11.3 Å². The lowest BCUT2D eigenvalue weighted by molar-refractivity contribution is 0.547. The molecule has 0 unspecified atom stereocenters. The summed E-state index contributed by atoms with van der Waals surface area (Å²) in [4.78, 5) is 0. The second-order valence-corrected chi connectivity index (χ2v) is 4.34. The summed E-state index contributed by atoms with van der Waals surface area (Å²) in [7, 11) is 0. The van der Waals surface area contributed by atoms with Crippen LogP contribution in [0.4, 0.5) is 0 Å². The predicted octanol–water partition coefficient (Wildman–Crippen LogP) is 4.94. The van der Waals surface area contributed by atoms with Gasteiger partial charge in [0.1, 0.15) is 0 Å². The predicted molar refractivity (Wildman–Crippen MR) is 75.4 cm³/mol. The number of rotatable bonds is 2. The van der Waals surface area contributed by atoms with E-state index in [1.165, 1.54) is 11.1 Å². The van der Waals surface area contributed by atoms with Crippen molar-refractivity contribution in [1.29, 1.82) is 0 Å². The van der Waals surface area contributed by atoms with Gasteiger partial charge in [0.2, 0.25) is 0 Å². The lowest BCUT2D eigenvalue weighted by Gasteiger charge is -2.01. The highest BCUT2D eigenvalue weighted by Crippen LogP contribution is 2.28. The molecule has 0 N–H and O–H groups in total. The molecule has 1 heteroatoms. The van der Waals surface area contributed by atoms with Crippen LogP contribution in [0, 0.1) is 0 Å². The second-order valence-electron chi connectivity index (χ2n) is 4.34. The molecule has 3 aromatic rings. The van der Waals surface area contributed by atoms with Gasteiger partial charge in [-0.15, -0.1) is 0 Å². The maximum Gasteiger partial charge on any atom is 0.360 e. The van der Waals surface area contributed by atoms with E-state index in [2.05, 4.69) is 43.3 Å². The van der Waals surface area contributed by atoms with Crippen molar-refractivity contribution in [2.24, 2.45) is 0 Å². The van der Waals surface area contributed by atoms with Crippen LogP contribution in [0.2, 0.25) is 0 Å². The first-order chi connectivity index (χ1) is 8.88. The summed E-state index contributed by atoms with van der Waals surface area (Å²) in [6.45, 7) is 2.13. The van der Waals surface area contributed by atoms with Crippen molar-refractivity contribution in [3.63, 3.8) is 0 Å². The van der Waals surface area contributed by atoms with Gasteiger partial charge in [-0.25, -0.2) is 4.42 Å². The molecular weight excluding hydrogens is 220 g/mol. The van der Waals surface area contributed by atoms with E-state index in [-0.39, 0.29) is 0 Å². The smallest absolute Gasteiger partial charge is 0.212 e. The molecule has 1 nitrogen and oxygen atoms in total. The Balaban J connectivity index is 2.27. The number of benzene rings is 2. The van der Waals surface area contributed by atoms with Crippen LogP contribution in [0.15, 0.2) is 65.1 Å². The first-order valence-corrected chi connectivity index (χ1v) is 6.28. The number of aryl methyl sites for hydroxylation is 1. The Hall–Kier alpha value is -2.15. The normalized spacial score (nSPS) is 10.7. The highest BCUT2D eigenvalue weighted by molar-refractivity contribution is 5.82. The summed E-state index contributed by atoms with van der Waals surface area (Å²) >= 11 is 0. The fourth-order valence-electron chi connectivity index (χ4n) is 2.24. The molecule has 0 atom stereocenters. The molecule has 88 valence electrons. The van der Waals surface area contributed by atoms with E-state index < -0.39 is 0 Å². The number of fused-ring (bicyclic) bond motifs is 1. The average molecular weight is 235 g/mol. The summed E-state index contributed by atoms with van der Waals surface area (Å²) in [5, 5.41) is 1.15. The molecule has 0 bridgehead atoms. The van der Waals surface area contributed by atoms with Crippen molar-refractivity contribution in [2.45, 2.75) is 13.3 Å². The molecule has 0 fully saturated rings. The van der Waals surface area contributed by atoms with Gasteiger partial charge in [0.05, 0.1) is 17.4 Å². The molecule has 0 radical (unpaired) electrons. The van der Waals surface area contributed by atoms with Gasteiger partial charge in [-0.3, -0.25) is 0 Å². The van der Waals surface area contributed by atoms with Gasteiger partial charge in [0, 0.05) is 6.07 Å². The zero-order valence-electron chi connectivity index (χ0n) is 10.4. The Morgan fingerprint density at radius 3 is 2.39 bits per heavy atom. The van der Waals surface area contributed by atoms with Crippen molar-refractivity contribution >= 4 is 11.0 Å². The Bertz CT molecular complexity index is 672. The molecule has 0 saturated heterocycles. The fraction of sp³-hybridized carbons (Fsp3) is 0.118. The largest absolute Gasteiger partial charge is 0.360 e. The Labute approximate surface area is 107 Å². The number of hydrogen-bond acceptors (Lipinski definition) is 0. The standard InChI is InChI=1S/C17H15O/c1-2-16-15(13-8-4-3-5-9-13)12-14-10-6-7-11-17(14)18-16/h3-12H,2H2,1H3/q+1.